The second-order valence-corrected chi connectivity index (χ2v) is 7.51. The third-order valence-electron chi connectivity index (χ3n) is 5.34. The Kier molecular flexibility index (Phi) is 5.45. The maximum Gasteiger partial charge on any atom is 0.268 e. The number of alkyl halides is 2. The summed E-state index contributed by atoms with van der Waals surface area (Å²) < 4.78 is 28.6. The zero-order chi connectivity index (χ0) is 22.9. The molecular formula is C23H18F2N4O3. The van der Waals surface area contributed by atoms with Crippen molar-refractivity contribution in [3.05, 3.63) is 76.7 Å². The van der Waals surface area contributed by atoms with Crippen LogP contribution in [0.25, 0.3) is 16.5 Å². The van der Waals surface area contributed by atoms with Gasteiger partial charge in [-0.15, -0.1) is 0 Å². The predicted molar refractivity (Wildman–Crippen MR) is 113 cm³/mol. The summed E-state index contributed by atoms with van der Waals surface area (Å²) in [7, 11) is 0. The highest BCUT2D eigenvalue weighted by Gasteiger charge is 2.47. The van der Waals surface area contributed by atoms with Crippen LogP contribution in [0.4, 0.5) is 8.78 Å². The molecule has 7 nitrogen and oxygen atoms in total. The van der Waals surface area contributed by atoms with Gasteiger partial charge in [0.15, 0.2) is 0 Å². The zero-order valence-electron chi connectivity index (χ0n) is 16.8. The molecule has 0 radical (unpaired) electrons. The van der Waals surface area contributed by atoms with Gasteiger partial charge in [-0.2, -0.15) is 5.26 Å². The molecule has 0 spiro atoms. The van der Waals surface area contributed by atoms with Crippen LogP contribution < -0.4 is 10.9 Å². The number of carbonyl (C=O) groups is 2. The fourth-order valence-corrected chi connectivity index (χ4v) is 3.80. The lowest BCUT2D eigenvalue weighted by Gasteiger charge is -2.19. The molecule has 0 unspecified atom stereocenters. The van der Waals surface area contributed by atoms with Crippen molar-refractivity contribution in [2.45, 2.75) is 18.4 Å². The van der Waals surface area contributed by atoms with Crippen molar-refractivity contribution in [3.63, 3.8) is 0 Å². The first-order valence-electron chi connectivity index (χ1n) is 9.86. The Morgan fingerprint density at radius 2 is 1.75 bits per heavy atom. The first kappa shape index (κ1) is 21.2. The standard InChI is InChI=1S/C23H18F2N4O3/c24-23(25)10-16(11-26)29(14-23)20(30)12-27-21(31)19-13-28(15-6-2-1-3-7-15)22(32)18-9-5-4-8-17(18)19/h1-9,13,16H,10,12,14H2,(H,27,31)/t16-/m0/s1. The minimum atomic E-state index is -3.14. The lowest BCUT2D eigenvalue weighted by atomic mass is 10.1. The molecule has 1 aliphatic rings. The van der Waals surface area contributed by atoms with Gasteiger partial charge in [-0.3, -0.25) is 19.0 Å². The van der Waals surface area contributed by atoms with E-state index in [1.807, 2.05) is 0 Å². The van der Waals surface area contributed by atoms with Gasteiger partial charge in [0, 0.05) is 29.1 Å². The number of halogens is 2. The highest BCUT2D eigenvalue weighted by molar-refractivity contribution is 6.07. The smallest absolute Gasteiger partial charge is 0.268 e. The molecule has 2 amide bonds. The third kappa shape index (κ3) is 3.95. The fourth-order valence-electron chi connectivity index (χ4n) is 3.80. The molecule has 9 heteroatoms. The Bertz CT molecular complexity index is 1300. The van der Waals surface area contributed by atoms with Crippen LogP contribution in [0.5, 0.6) is 0 Å². The number of pyridine rings is 1. The van der Waals surface area contributed by atoms with Gasteiger partial charge in [-0.05, 0) is 18.2 Å². The summed E-state index contributed by atoms with van der Waals surface area (Å²) in [6, 6.07) is 15.8. The van der Waals surface area contributed by atoms with Crippen LogP contribution in [-0.2, 0) is 4.79 Å². The molecule has 1 aliphatic heterocycles. The molecule has 1 atom stereocenters. The number of nitrogens with zero attached hydrogens (tertiary/aromatic N) is 3. The monoisotopic (exact) mass is 436 g/mol. The van der Waals surface area contributed by atoms with Crippen molar-refractivity contribution >= 4 is 22.6 Å². The SMILES string of the molecule is N#C[C@@H]1CC(F)(F)CN1C(=O)CNC(=O)c1cn(-c2ccccc2)c(=O)c2ccccc12. The molecule has 3 aromatic rings. The molecule has 1 aromatic heterocycles. The van der Waals surface area contributed by atoms with Crippen molar-refractivity contribution in [2.24, 2.45) is 0 Å². The number of amides is 2. The predicted octanol–water partition coefficient (Wildman–Crippen LogP) is 2.48. The molecule has 4 rings (SSSR count). The number of rotatable bonds is 4. The van der Waals surface area contributed by atoms with Crippen LogP contribution in [0, 0.1) is 11.3 Å². The Hall–Kier alpha value is -4.06. The Morgan fingerprint density at radius 3 is 2.44 bits per heavy atom. The Labute approximate surface area is 181 Å². The van der Waals surface area contributed by atoms with Gasteiger partial charge < -0.3 is 10.2 Å². The van der Waals surface area contributed by atoms with Crippen LogP contribution >= 0.6 is 0 Å². The van der Waals surface area contributed by atoms with Gasteiger partial charge in [0.05, 0.1) is 24.7 Å². The van der Waals surface area contributed by atoms with E-state index in [0.29, 0.717) is 16.5 Å². The van der Waals surface area contributed by atoms with E-state index < -0.39 is 43.3 Å². The van der Waals surface area contributed by atoms with Gasteiger partial charge in [0.25, 0.3) is 17.4 Å². The van der Waals surface area contributed by atoms with Gasteiger partial charge in [0.1, 0.15) is 6.04 Å². The maximum absolute atomic E-state index is 13.6. The second kappa shape index (κ2) is 8.23. The van der Waals surface area contributed by atoms with E-state index in [9.17, 15) is 23.2 Å². The van der Waals surface area contributed by atoms with Gasteiger partial charge in [-0.25, -0.2) is 8.78 Å². The zero-order valence-corrected chi connectivity index (χ0v) is 16.8. The number of hydrogen-bond acceptors (Lipinski definition) is 4. The summed E-state index contributed by atoms with van der Waals surface area (Å²) in [5.41, 5.74) is 0.403. The van der Waals surface area contributed by atoms with Crippen molar-refractivity contribution in [1.82, 2.24) is 14.8 Å². The molecule has 1 fully saturated rings. The third-order valence-corrected chi connectivity index (χ3v) is 5.34. The number of para-hydroxylation sites is 1. The molecule has 0 saturated carbocycles. The van der Waals surface area contributed by atoms with E-state index in [2.05, 4.69) is 5.32 Å². The summed E-state index contributed by atoms with van der Waals surface area (Å²) in [6.07, 6.45) is 0.664. The van der Waals surface area contributed by atoms with Crippen molar-refractivity contribution in [2.75, 3.05) is 13.1 Å². The Morgan fingerprint density at radius 1 is 1.09 bits per heavy atom. The lowest BCUT2D eigenvalue weighted by molar-refractivity contribution is -0.131. The van der Waals surface area contributed by atoms with E-state index in [0.717, 1.165) is 4.90 Å². The van der Waals surface area contributed by atoms with E-state index >= 15 is 0 Å². The second-order valence-electron chi connectivity index (χ2n) is 7.51. The molecular weight excluding hydrogens is 418 g/mol. The van der Waals surface area contributed by atoms with Crippen molar-refractivity contribution in [1.29, 1.82) is 5.26 Å². The number of benzene rings is 2. The fraction of sp³-hybridized carbons (Fsp3) is 0.217. The average Bonchev–Trinajstić information content (AvgIpc) is 3.13. The molecule has 162 valence electrons. The summed E-state index contributed by atoms with van der Waals surface area (Å²) in [5, 5.41) is 12.2. The summed E-state index contributed by atoms with van der Waals surface area (Å²) in [6.45, 7) is -1.41. The first-order valence-corrected chi connectivity index (χ1v) is 9.86. The number of carbonyl (C=O) groups excluding carboxylic acids is 2. The van der Waals surface area contributed by atoms with Gasteiger partial charge in [-0.1, -0.05) is 36.4 Å². The quantitative estimate of drug-likeness (QED) is 0.680. The maximum atomic E-state index is 13.6. The minimum absolute atomic E-state index is 0.153. The van der Waals surface area contributed by atoms with Crippen LogP contribution in [-0.4, -0.2) is 46.3 Å². The Balaban J connectivity index is 1.63. The van der Waals surface area contributed by atoms with Crippen LogP contribution in [0.15, 0.2) is 65.6 Å². The van der Waals surface area contributed by atoms with E-state index in [-0.39, 0.29) is 11.1 Å². The van der Waals surface area contributed by atoms with Crippen LogP contribution in [0.3, 0.4) is 0 Å². The normalized spacial score (nSPS) is 17.2. The molecule has 1 N–H and O–H groups in total. The summed E-state index contributed by atoms with van der Waals surface area (Å²) in [4.78, 5) is 39.1. The molecule has 0 bridgehead atoms. The molecule has 1 saturated heterocycles. The van der Waals surface area contributed by atoms with Crippen LogP contribution in [0.1, 0.15) is 16.8 Å². The van der Waals surface area contributed by atoms with Gasteiger partial charge >= 0.3 is 0 Å². The van der Waals surface area contributed by atoms with Crippen molar-refractivity contribution < 1.29 is 18.4 Å². The highest BCUT2D eigenvalue weighted by atomic mass is 19.3. The molecule has 2 heterocycles. The number of likely N-dealkylation sites (tertiary alicyclic amines) is 1. The molecule has 2 aromatic carbocycles. The van der Waals surface area contributed by atoms with E-state index in [4.69, 9.17) is 5.26 Å². The minimum Gasteiger partial charge on any atom is -0.343 e. The number of aromatic nitrogens is 1. The van der Waals surface area contributed by atoms with E-state index in [1.54, 1.807) is 60.7 Å². The lowest BCUT2D eigenvalue weighted by Crippen LogP contribution is -2.43. The number of hydrogen-bond donors (Lipinski definition) is 1. The van der Waals surface area contributed by atoms with Crippen LogP contribution in [0.2, 0.25) is 0 Å². The topological polar surface area (TPSA) is 95.2 Å². The number of nitrogens with one attached hydrogen (secondary N) is 1. The molecule has 0 aliphatic carbocycles. The van der Waals surface area contributed by atoms with E-state index in [1.165, 1.54) is 10.8 Å². The highest BCUT2D eigenvalue weighted by Crippen LogP contribution is 2.31. The summed E-state index contributed by atoms with van der Waals surface area (Å²) >= 11 is 0. The number of nitriles is 1. The van der Waals surface area contributed by atoms with Gasteiger partial charge in [0.2, 0.25) is 5.91 Å². The summed E-state index contributed by atoms with van der Waals surface area (Å²) in [5.74, 6) is -4.55. The largest absolute Gasteiger partial charge is 0.343 e. The number of fused-ring (bicyclic) bond motifs is 1. The first-order chi connectivity index (χ1) is 15.3. The molecule has 32 heavy (non-hydrogen) atoms. The average molecular weight is 436 g/mol. The van der Waals surface area contributed by atoms with Crippen molar-refractivity contribution in [3.8, 4) is 11.8 Å².